The maximum atomic E-state index is 13.7. The topological polar surface area (TPSA) is 61.4 Å². The van der Waals surface area contributed by atoms with E-state index >= 15 is 0 Å². The maximum Gasteiger partial charge on any atom is 0.319 e. The second-order valence-corrected chi connectivity index (χ2v) is 4.22. The largest absolute Gasteiger partial charge is 0.395 e. The fourth-order valence-electron chi connectivity index (χ4n) is 1.34. The molecule has 0 aliphatic carbocycles. The van der Waals surface area contributed by atoms with Crippen LogP contribution in [-0.2, 0) is 0 Å². The highest BCUT2D eigenvalue weighted by molar-refractivity contribution is 5.89. The van der Waals surface area contributed by atoms with Gasteiger partial charge in [-0.2, -0.15) is 0 Å². The van der Waals surface area contributed by atoms with E-state index < -0.39 is 5.82 Å². The number of benzene rings is 1. The van der Waals surface area contributed by atoms with Crippen LogP contribution in [0.1, 0.15) is 25.8 Å². The van der Waals surface area contributed by atoms with Crippen molar-refractivity contribution < 1.29 is 14.3 Å². The first-order valence-corrected chi connectivity index (χ1v) is 5.99. The van der Waals surface area contributed by atoms with E-state index in [0.717, 1.165) is 0 Å². The molecular weight excluding hydrogens is 247 g/mol. The maximum absolute atomic E-state index is 13.7. The average molecular weight is 264 g/mol. The van der Waals surface area contributed by atoms with E-state index in [1.807, 2.05) is 13.8 Å². The second kappa shape index (κ2) is 7.39. The number of nitrogens with one attached hydrogen (secondary N) is 2. The fourth-order valence-corrected chi connectivity index (χ4v) is 1.34. The highest BCUT2D eigenvalue weighted by atomic mass is 19.1. The molecule has 5 heteroatoms. The predicted octanol–water partition coefficient (Wildman–Crippen LogP) is 2.09. The first-order chi connectivity index (χ1) is 9.02. The van der Waals surface area contributed by atoms with Gasteiger partial charge in [0.05, 0.1) is 12.2 Å². The molecule has 0 aliphatic rings. The number of hydrogen-bond donors (Lipinski definition) is 3. The molecule has 0 bridgehead atoms. The summed E-state index contributed by atoms with van der Waals surface area (Å²) in [6.45, 7) is 3.61. The normalized spacial score (nSPS) is 9.74. The van der Waals surface area contributed by atoms with Crippen LogP contribution in [-0.4, -0.2) is 23.8 Å². The van der Waals surface area contributed by atoms with Crippen LogP contribution >= 0.6 is 0 Å². The van der Waals surface area contributed by atoms with Gasteiger partial charge in [-0.05, 0) is 32.0 Å². The van der Waals surface area contributed by atoms with Crippen molar-refractivity contribution in [2.24, 2.45) is 0 Å². The summed E-state index contributed by atoms with van der Waals surface area (Å²) >= 11 is 0. The van der Waals surface area contributed by atoms with E-state index in [1.165, 1.54) is 12.1 Å². The van der Waals surface area contributed by atoms with Crippen LogP contribution in [0.5, 0.6) is 0 Å². The molecule has 0 saturated carbocycles. The van der Waals surface area contributed by atoms with Gasteiger partial charge in [0.2, 0.25) is 0 Å². The van der Waals surface area contributed by atoms with Crippen molar-refractivity contribution in [2.45, 2.75) is 26.3 Å². The summed E-state index contributed by atoms with van der Waals surface area (Å²) < 4.78 is 13.7. The van der Waals surface area contributed by atoms with E-state index in [4.69, 9.17) is 5.11 Å². The summed E-state index contributed by atoms with van der Waals surface area (Å²) in [4.78, 5) is 11.4. The molecule has 4 nitrogen and oxygen atoms in total. The summed E-state index contributed by atoms with van der Waals surface area (Å²) in [6.07, 6.45) is 0.302. The average Bonchev–Trinajstić information content (AvgIpc) is 2.31. The van der Waals surface area contributed by atoms with Crippen LogP contribution in [0, 0.1) is 17.7 Å². The molecule has 0 heterocycles. The number of rotatable bonds is 3. The van der Waals surface area contributed by atoms with Crippen LogP contribution in [0.3, 0.4) is 0 Å². The van der Waals surface area contributed by atoms with Gasteiger partial charge in [0.15, 0.2) is 0 Å². The molecule has 3 N–H and O–H groups in total. The molecule has 2 amide bonds. The van der Waals surface area contributed by atoms with E-state index in [-0.39, 0.29) is 24.2 Å². The van der Waals surface area contributed by atoms with Gasteiger partial charge in [-0.3, -0.25) is 0 Å². The molecule has 0 aromatic heterocycles. The van der Waals surface area contributed by atoms with Crippen molar-refractivity contribution in [3.05, 3.63) is 29.6 Å². The van der Waals surface area contributed by atoms with E-state index in [0.29, 0.717) is 12.1 Å². The van der Waals surface area contributed by atoms with Crippen molar-refractivity contribution in [3.63, 3.8) is 0 Å². The van der Waals surface area contributed by atoms with Crippen LogP contribution in [0.25, 0.3) is 0 Å². The Kier molecular flexibility index (Phi) is 5.83. The third-order valence-electron chi connectivity index (χ3n) is 2.11. The number of carbonyl (C=O) groups excluding carboxylic acids is 1. The Morgan fingerprint density at radius 3 is 2.79 bits per heavy atom. The van der Waals surface area contributed by atoms with Gasteiger partial charge in [0, 0.05) is 18.2 Å². The Hall–Kier alpha value is -2.06. The number of carbonyl (C=O) groups is 1. The molecular formula is C14H17FN2O2. The lowest BCUT2D eigenvalue weighted by molar-refractivity contribution is 0.250. The number of aliphatic hydroxyl groups excluding tert-OH is 1. The Labute approximate surface area is 112 Å². The number of aliphatic hydroxyl groups is 1. The molecule has 0 fully saturated rings. The van der Waals surface area contributed by atoms with Gasteiger partial charge in [-0.25, -0.2) is 9.18 Å². The van der Waals surface area contributed by atoms with Gasteiger partial charge in [-0.15, -0.1) is 0 Å². The van der Waals surface area contributed by atoms with E-state index in [1.54, 1.807) is 6.07 Å². The van der Waals surface area contributed by atoms with Gasteiger partial charge >= 0.3 is 6.03 Å². The van der Waals surface area contributed by atoms with Crippen molar-refractivity contribution in [3.8, 4) is 11.8 Å². The van der Waals surface area contributed by atoms with Crippen molar-refractivity contribution >= 4 is 11.7 Å². The second-order valence-electron chi connectivity index (χ2n) is 4.22. The lowest BCUT2D eigenvalue weighted by atomic mass is 10.2. The molecule has 0 spiro atoms. The lowest BCUT2D eigenvalue weighted by Gasteiger charge is -2.10. The Morgan fingerprint density at radius 2 is 2.21 bits per heavy atom. The molecule has 0 unspecified atom stereocenters. The standard InChI is InChI=1S/C14H17FN2O2/c1-10(2)16-14(19)17-12-7-6-11(13(15)9-12)5-3-4-8-18/h6-7,9-10,18H,4,8H2,1-2H3,(H2,16,17,19). The molecule has 19 heavy (non-hydrogen) atoms. The van der Waals surface area contributed by atoms with Crippen LogP contribution in [0.15, 0.2) is 18.2 Å². The highest BCUT2D eigenvalue weighted by Gasteiger charge is 2.05. The van der Waals surface area contributed by atoms with Crippen molar-refractivity contribution in [1.82, 2.24) is 5.32 Å². The number of hydrogen-bond acceptors (Lipinski definition) is 2. The van der Waals surface area contributed by atoms with Crippen LogP contribution in [0.2, 0.25) is 0 Å². The van der Waals surface area contributed by atoms with Gasteiger partial charge in [-0.1, -0.05) is 11.8 Å². The first-order valence-electron chi connectivity index (χ1n) is 5.99. The van der Waals surface area contributed by atoms with Gasteiger partial charge < -0.3 is 15.7 Å². The van der Waals surface area contributed by atoms with Gasteiger partial charge in [0.25, 0.3) is 0 Å². The quantitative estimate of drug-likeness (QED) is 0.732. The molecule has 1 rings (SSSR count). The minimum Gasteiger partial charge on any atom is -0.395 e. The van der Waals surface area contributed by atoms with E-state index in [2.05, 4.69) is 22.5 Å². The third kappa shape index (κ3) is 5.40. The smallest absolute Gasteiger partial charge is 0.319 e. The lowest BCUT2D eigenvalue weighted by Crippen LogP contribution is -2.34. The minimum atomic E-state index is -0.507. The summed E-state index contributed by atoms with van der Waals surface area (Å²) in [5.74, 6) is 4.75. The molecule has 102 valence electrons. The fraction of sp³-hybridized carbons (Fsp3) is 0.357. The number of anilines is 1. The first kappa shape index (κ1) is 15.0. The molecule has 1 aromatic rings. The van der Waals surface area contributed by atoms with Gasteiger partial charge in [0.1, 0.15) is 5.82 Å². The highest BCUT2D eigenvalue weighted by Crippen LogP contribution is 2.13. The summed E-state index contributed by atoms with van der Waals surface area (Å²) in [7, 11) is 0. The van der Waals surface area contributed by atoms with Crippen LogP contribution in [0.4, 0.5) is 14.9 Å². The third-order valence-corrected chi connectivity index (χ3v) is 2.11. The zero-order valence-corrected chi connectivity index (χ0v) is 11.0. The molecule has 0 saturated heterocycles. The Balaban J connectivity index is 2.72. The number of amides is 2. The Bertz CT molecular complexity index is 504. The number of halogens is 1. The monoisotopic (exact) mass is 264 g/mol. The zero-order valence-electron chi connectivity index (χ0n) is 11.0. The van der Waals surface area contributed by atoms with Crippen LogP contribution < -0.4 is 10.6 Å². The van der Waals surface area contributed by atoms with Crippen molar-refractivity contribution in [1.29, 1.82) is 0 Å². The molecule has 1 aromatic carbocycles. The van der Waals surface area contributed by atoms with Crippen molar-refractivity contribution in [2.75, 3.05) is 11.9 Å². The summed E-state index contributed by atoms with van der Waals surface area (Å²) in [5, 5.41) is 13.7. The zero-order chi connectivity index (χ0) is 14.3. The summed E-state index contributed by atoms with van der Waals surface area (Å²) in [6, 6.07) is 3.90. The summed E-state index contributed by atoms with van der Waals surface area (Å²) in [5.41, 5.74) is 0.603. The SMILES string of the molecule is CC(C)NC(=O)Nc1ccc(C#CCCO)c(F)c1. The van der Waals surface area contributed by atoms with E-state index in [9.17, 15) is 9.18 Å². The number of urea groups is 1. The molecule has 0 atom stereocenters. The molecule has 0 radical (unpaired) electrons. The Morgan fingerprint density at radius 1 is 1.47 bits per heavy atom. The predicted molar refractivity (Wildman–Crippen MR) is 72.3 cm³/mol. The molecule has 0 aliphatic heterocycles. The minimum absolute atomic E-state index is 0.00784.